The number of halogens is 1. The Labute approximate surface area is 64.6 Å². The summed E-state index contributed by atoms with van der Waals surface area (Å²) in [5.41, 5.74) is 4.41. The lowest BCUT2D eigenvalue weighted by Crippen LogP contribution is -2.19. The van der Waals surface area contributed by atoms with Crippen LogP contribution in [0.15, 0.2) is 30.3 Å². The van der Waals surface area contributed by atoms with Crippen molar-refractivity contribution in [1.82, 2.24) is 0 Å². The highest BCUT2D eigenvalue weighted by Gasteiger charge is 1.95. The number of hydrogen-bond acceptors (Lipinski definition) is 2. The topological polar surface area (TPSA) is 35.2 Å². The van der Waals surface area contributed by atoms with E-state index < -0.39 is 5.69 Å². The van der Waals surface area contributed by atoms with E-state index >= 15 is 0 Å². The van der Waals surface area contributed by atoms with Crippen LogP contribution in [0.3, 0.4) is 0 Å². The number of para-hydroxylation sites is 1. The Hall–Kier alpha value is -0.730. The van der Waals surface area contributed by atoms with E-state index in [0.29, 0.717) is 5.75 Å². The molecule has 2 N–H and O–H groups in total. The molecule has 0 bridgehead atoms. The van der Waals surface area contributed by atoms with E-state index in [2.05, 4.69) is 0 Å². The monoisotopic (exact) mass is 157 g/mol. The van der Waals surface area contributed by atoms with E-state index in [1.54, 1.807) is 12.1 Å². The maximum Gasteiger partial charge on any atom is 0.225 e. The first kappa shape index (κ1) is 7.38. The molecule has 0 saturated carbocycles. The summed E-state index contributed by atoms with van der Waals surface area (Å²) in [6.45, 7) is 0. The van der Waals surface area contributed by atoms with Crippen LogP contribution in [0.25, 0.3) is 0 Å². The van der Waals surface area contributed by atoms with Crippen molar-refractivity contribution in [3.63, 3.8) is 0 Å². The second kappa shape index (κ2) is 3.44. The molecule has 3 heteroatoms. The average molecular weight is 158 g/mol. The lowest BCUT2D eigenvalue weighted by atomic mass is 10.3. The van der Waals surface area contributed by atoms with Crippen molar-refractivity contribution < 1.29 is 4.74 Å². The van der Waals surface area contributed by atoms with E-state index in [9.17, 15) is 0 Å². The third-order valence-corrected chi connectivity index (χ3v) is 1.08. The first-order valence-electron chi connectivity index (χ1n) is 2.90. The van der Waals surface area contributed by atoms with E-state index in [0.717, 1.165) is 0 Å². The van der Waals surface area contributed by atoms with Gasteiger partial charge in [-0.25, -0.2) is 0 Å². The summed E-state index contributed by atoms with van der Waals surface area (Å²) in [6, 6.07) is 9.19. The number of ether oxygens (including phenoxy) is 1. The van der Waals surface area contributed by atoms with Gasteiger partial charge in [-0.05, 0) is 12.1 Å². The SMILES string of the molecule is NC(Cl)Oc1ccccc1. The Kier molecular flexibility index (Phi) is 2.54. The first-order chi connectivity index (χ1) is 4.79. The number of hydrogen-bond donors (Lipinski definition) is 1. The largest absolute Gasteiger partial charge is 0.462 e. The van der Waals surface area contributed by atoms with E-state index in [1.807, 2.05) is 18.2 Å². The van der Waals surface area contributed by atoms with Crippen molar-refractivity contribution in [2.45, 2.75) is 5.69 Å². The van der Waals surface area contributed by atoms with Crippen molar-refractivity contribution in [3.05, 3.63) is 30.3 Å². The van der Waals surface area contributed by atoms with Crippen molar-refractivity contribution in [1.29, 1.82) is 0 Å². The Bertz CT molecular complexity index is 188. The summed E-state index contributed by atoms with van der Waals surface area (Å²) in [5.74, 6) is 0.685. The standard InChI is InChI=1S/C7H8ClNO/c8-7(9)10-6-4-2-1-3-5-6/h1-5,7H,9H2. The Morgan fingerprint density at radius 1 is 1.30 bits per heavy atom. The van der Waals surface area contributed by atoms with E-state index in [-0.39, 0.29) is 0 Å². The molecule has 1 rings (SSSR count). The van der Waals surface area contributed by atoms with Crippen LogP contribution in [0.4, 0.5) is 0 Å². The maximum absolute atomic E-state index is 5.37. The van der Waals surface area contributed by atoms with Gasteiger partial charge in [-0.15, -0.1) is 0 Å². The predicted octanol–water partition coefficient (Wildman–Crippen LogP) is 1.55. The summed E-state index contributed by atoms with van der Waals surface area (Å²) in [6.07, 6.45) is 0. The summed E-state index contributed by atoms with van der Waals surface area (Å²) in [7, 11) is 0. The molecule has 1 aromatic rings. The van der Waals surface area contributed by atoms with Gasteiger partial charge < -0.3 is 4.74 Å². The van der Waals surface area contributed by atoms with E-state index in [1.165, 1.54) is 0 Å². The Morgan fingerprint density at radius 2 is 1.90 bits per heavy atom. The molecule has 1 atom stereocenters. The fourth-order valence-electron chi connectivity index (χ4n) is 0.629. The minimum Gasteiger partial charge on any atom is -0.462 e. The smallest absolute Gasteiger partial charge is 0.225 e. The predicted molar refractivity (Wildman–Crippen MR) is 40.9 cm³/mol. The normalized spacial score (nSPS) is 12.6. The Balaban J connectivity index is 2.59. The van der Waals surface area contributed by atoms with Crippen molar-refractivity contribution >= 4 is 11.6 Å². The number of nitrogens with two attached hydrogens (primary N) is 1. The zero-order valence-electron chi connectivity index (χ0n) is 5.33. The van der Waals surface area contributed by atoms with Gasteiger partial charge in [-0.3, -0.25) is 5.73 Å². The van der Waals surface area contributed by atoms with Gasteiger partial charge in [0.1, 0.15) is 5.75 Å². The van der Waals surface area contributed by atoms with Crippen LogP contribution in [0.2, 0.25) is 0 Å². The van der Waals surface area contributed by atoms with Crippen LogP contribution in [0.1, 0.15) is 0 Å². The fourth-order valence-corrected chi connectivity index (χ4v) is 0.732. The molecule has 0 fully saturated rings. The minimum absolute atomic E-state index is 0.685. The average Bonchev–Trinajstić information content (AvgIpc) is 1.88. The second-order valence-electron chi connectivity index (χ2n) is 1.78. The van der Waals surface area contributed by atoms with Crippen LogP contribution in [-0.4, -0.2) is 5.69 Å². The summed E-state index contributed by atoms with van der Waals surface area (Å²) in [4.78, 5) is 0. The second-order valence-corrected chi connectivity index (χ2v) is 2.21. The van der Waals surface area contributed by atoms with Crippen LogP contribution in [-0.2, 0) is 0 Å². The molecule has 0 heterocycles. The molecular weight excluding hydrogens is 150 g/mol. The zero-order chi connectivity index (χ0) is 7.40. The molecule has 0 radical (unpaired) electrons. The molecule has 0 spiro atoms. The van der Waals surface area contributed by atoms with Gasteiger partial charge in [0.05, 0.1) is 0 Å². The van der Waals surface area contributed by atoms with Crippen LogP contribution in [0.5, 0.6) is 5.75 Å². The van der Waals surface area contributed by atoms with Gasteiger partial charge in [0.15, 0.2) is 0 Å². The summed E-state index contributed by atoms with van der Waals surface area (Å²) in [5, 5.41) is 0. The molecule has 1 aromatic carbocycles. The molecule has 0 saturated heterocycles. The molecule has 0 aromatic heterocycles. The minimum atomic E-state index is -0.762. The molecule has 2 nitrogen and oxygen atoms in total. The van der Waals surface area contributed by atoms with Crippen LogP contribution < -0.4 is 10.5 Å². The van der Waals surface area contributed by atoms with Crippen LogP contribution >= 0.6 is 11.6 Å². The van der Waals surface area contributed by atoms with Gasteiger partial charge in [0.2, 0.25) is 5.69 Å². The third-order valence-electron chi connectivity index (χ3n) is 0.992. The van der Waals surface area contributed by atoms with Gasteiger partial charge in [-0.2, -0.15) is 0 Å². The van der Waals surface area contributed by atoms with Gasteiger partial charge in [-0.1, -0.05) is 29.8 Å². The highest BCUT2D eigenvalue weighted by atomic mass is 35.5. The van der Waals surface area contributed by atoms with E-state index in [4.69, 9.17) is 22.1 Å². The first-order valence-corrected chi connectivity index (χ1v) is 3.34. The molecule has 0 aliphatic carbocycles. The van der Waals surface area contributed by atoms with Crippen molar-refractivity contribution in [2.24, 2.45) is 5.73 Å². The van der Waals surface area contributed by atoms with Crippen molar-refractivity contribution in [3.8, 4) is 5.75 Å². The van der Waals surface area contributed by atoms with Gasteiger partial charge in [0.25, 0.3) is 0 Å². The fraction of sp³-hybridized carbons (Fsp3) is 0.143. The molecule has 0 amide bonds. The maximum atomic E-state index is 5.37. The molecule has 0 aliphatic rings. The lowest BCUT2D eigenvalue weighted by molar-refractivity contribution is 0.290. The molecular formula is C7H8ClNO. The molecule has 54 valence electrons. The quantitative estimate of drug-likeness (QED) is 0.402. The van der Waals surface area contributed by atoms with Gasteiger partial charge >= 0.3 is 0 Å². The highest BCUT2D eigenvalue weighted by Crippen LogP contribution is 2.09. The third kappa shape index (κ3) is 2.25. The number of rotatable bonds is 2. The molecule has 1 unspecified atom stereocenters. The van der Waals surface area contributed by atoms with Gasteiger partial charge in [0, 0.05) is 0 Å². The Morgan fingerprint density at radius 3 is 2.40 bits per heavy atom. The van der Waals surface area contributed by atoms with Crippen LogP contribution in [0, 0.1) is 0 Å². The zero-order valence-corrected chi connectivity index (χ0v) is 6.08. The highest BCUT2D eigenvalue weighted by molar-refractivity contribution is 6.19. The molecule has 10 heavy (non-hydrogen) atoms. The number of benzene rings is 1. The summed E-state index contributed by atoms with van der Waals surface area (Å²) < 4.78 is 4.96. The number of alkyl halides is 1. The van der Waals surface area contributed by atoms with Crippen molar-refractivity contribution in [2.75, 3.05) is 0 Å². The molecule has 0 aliphatic heterocycles. The summed E-state index contributed by atoms with van der Waals surface area (Å²) >= 11 is 5.37. The lowest BCUT2D eigenvalue weighted by Gasteiger charge is -2.05.